The molecule has 1 aliphatic carbocycles. The zero-order valence-electron chi connectivity index (χ0n) is 19.5. The first kappa shape index (κ1) is 26.3. The highest BCUT2D eigenvalue weighted by atomic mass is 35.5. The molecule has 0 unspecified atom stereocenters. The van der Waals surface area contributed by atoms with Crippen LogP contribution >= 0.6 is 23.7 Å². The molecule has 1 fully saturated rings. The van der Waals surface area contributed by atoms with Crippen LogP contribution in [-0.4, -0.2) is 33.2 Å². The number of pyridine rings is 1. The molecule has 0 aliphatic heterocycles. The number of anilines is 1. The number of rotatable bonds is 7. The largest absolute Gasteiger partial charge is 0.393 e. The van der Waals surface area contributed by atoms with Gasteiger partial charge in [0.15, 0.2) is 0 Å². The number of fused-ring (bicyclic) bond motifs is 1. The normalized spacial score (nSPS) is 18.1. The molecule has 0 amide bonds. The molecule has 1 aliphatic rings. The molecule has 0 saturated heterocycles. The molecular weight excluding hydrogens is 507 g/mol. The van der Waals surface area contributed by atoms with E-state index in [9.17, 15) is 13.2 Å². The molecule has 190 valence electrons. The van der Waals surface area contributed by atoms with Gasteiger partial charge in [-0.2, -0.15) is 13.2 Å². The molecule has 5 nitrogen and oxygen atoms in total. The number of halogens is 4. The molecule has 5 rings (SSSR count). The molecule has 36 heavy (non-hydrogen) atoms. The third kappa shape index (κ3) is 6.72. The minimum absolute atomic E-state index is 0. The fraction of sp³-hybridized carbons (Fsp3) is 0.346. The van der Waals surface area contributed by atoms with E-state index < -0.39 is 12.6 Å². The first-order valence-electron chi connectivity index (χ1n) is 11.7. The monoisotopic (exact) mass is 533 g/mol. The summed E-state index contributed by atoms with van der Waals surface area (Å²) in [7, 11) is 0. The van der Waals surface area contributed by atoms with Crippen molar-refractivity contribution >= 4 is 39.8 Å². The summed E-state index contributed by atoms with van der Waals surface area (Å²) in [4.78, 5) is 13.4. The minimum atomic E-state index is -4.23. The maximum Gasteiger partial charge on any atom is 0.393 e. The molecule has 1 aromatic carbocycles. The first-order chi connectivity index (χ1) is 16.9. The summed E-state index contributed by atoms with van der Waals surface area (Å²) in [6.45, 7) is 0.789. The summed E-state index contributed by atoms with van der Waals surface area (Å²) in [5.41, 5.74) is 3.54. The molecule has 4 aromatic rings. The van der Waals surface area contributed by atoms with Gasteiger partial charge in [0.25, 0.3) is 0 Å². The van der Waals surface area contributed by atoms with Gasteiger partial charge in [0.05, 0.1) is 11.8 Å². The van der Waals surface area contributed by atoms with Crippen LogP contribution in [0.5, 0.6) is 0 Å². The van der Waals surface area contributed by atoms with Crippen molar-refractivity contribution in [3.8, 4) is 11.1 Å². The van der Waals surface area contributed by atoms with Crippen LogP contribution < -0.4 is 10.6 Å². The van der Waals surface area contributed by atoms with Crippen LogP contribution in [0.25, 0.3) is 21.3 Å². The van der Waals surface area contributed by atoms with Crippen LogP contribution in [0.15, 0.2) is 61.2 Å². The van der Waals surface area contributed by atoms with Gasteiger partial charge >= 0.3 is 6.18 Å². The van der Waals surface area contributed by atoms with Crippen molar-refractivity contribution in [2.45, 2.75) is 56.9 Å². The SMILES string of the molecule is Cl.FC(F)(F)Cc1cc2c(N[C@@H]3CCC[C@H](NCc4ccc(-c5ccncc5)cc4)C3)ncnc2s1. The van der Waals surface area contributed by atoms with Crippen LogP contribution in [-0.2, 0) is 13.0 Å². The Hall–Kier alpha value is -2.75. The lowest BCUT2D eigenvalue weighted by Gasteiger charge is -2.31. The minimum Gasteiger partial charge on any atom is -0.367 e. The predicted molar refractivity (Wildman–Crippen MR) is 141 cm³/mol. The van der Waals surface area contributed by atoms with Gasteiger partial charge < -0.3 is 10.6 Å². The molecule has 0 bridgehead atoms. The van der Waals surface area contributed by atoms with Gasteiger partial charge in [-0.15, -0.1) is 23.7 Å². The van der Waals surface area contributed by atoms with E-state index in [1.54, 1.807) is 18.5 Å². The highest BCUT2D eigenvalue weighted by Crippen LogP contribution is 2.33. The van der Waals surface area contributed by atoms with Gasteiger partial charge in [0, 0.05) is 35.9 Å². The standard InChI is InChI=1S/C26H26F3N5S.ClH/c27-26(28,29)14-22-13-23-24(32-16-33-25(23)35-22)34-21-3-1-2-20(12-21)31-15-17-4-6-18(7-5-17)19-8-10-30-11-9-19;/h4-11,13,16,20-21,31H,1-3,12,14-15H2,(H,32,33,34);1H/t20-,21+;/m0./s1. The Morgan fingerprint density at radius 3 is 2.42 bits per heavy atom. The Morgan fingerprint density at radius 1 is 0.944 bits per heavy atom. The first-order valence-corrected chi connectivity index (χ1v) is 12.5. The van der Waals surface area contributed by atoms with Crippen LogP contribution in [0.1, 0.15) is 36.1 Å². The van der Waals surface area contributed by atoms with Gasteiger partial charge in [-0.05, 0) is 60.6 Å². The molecule has 3 heterocycles. The molecular formula is C26H27ClF3N5S. The number of hydrogen-bond acceptors (Lipinski definition) is 6. The van der Waals surface area contributed by atoms with Crippen molar-refractivity contribution in [2.24, 2.45) is 0 Å². The Labute approximate surface area is 218 Å². The smallest absolute Gasteiger partial charge is 0.367 e. The van der Waals surface area contributed by atoms with E-state index >= 15 is 0 Å². The average molecular weight is 534 g/mol. The number of hydrogen-bond donors (Lipinski definition) is 2. The quantitative estimate of drug-likeness (QED) is 0.274. The highest BCUT2D eigenvalue weighted by molar-refractivity contribution is 7.18. The fourth-order valence-electron chi connectivity index (χ4n) is 4.63. The molecule has 0 radical (unpaired) electrons. The second kappa shape index (κ2) is 11.5. The Balaban J connectivity index is 0.00000304. The Bertz CT molecular complexity index is 1260. The van der Waals surface area contributed by atoms with E-state index in [1.165, 1.54) is 17.5 Å². The molecule has 0 spiro atoms. The maximum atomic E-state index is 12.8. The summed E-state index contributed by atoms with van der Waals surface area (Å²) in [5.74, 6) is 0.622. The summed E-state index contributed by atoms with van der Waals surface area (Å²) >= 11 is 1.08. The third-order valence-electron chi connectivity index (χ3n) is 6.33. The van der Waals surface area contributed by atoms with E-state index in [-0.39, 0.29) is 23.3 Å². The highest BCUT2D eigenvalue weighted by Gasteiger charge is 2.29. The second-order valence-electron chi connectivity index (χ2n) is 8.96. The number of nitrogens with zero attached hydrogens (tertiary/aromatic N) is 3. The summed E-state index contributed by atoms with van der Waals surface area (Å²) in [6.07, 6.45) is 3.95. The van der Waals surface area contributed by atoms with Gasteiger partial charge in [-0.25, -0.2) is 9.97 Å². The van der Waals surface area contributed by atoms with E-state index in [2.05, 4.69) is 49.9 Å². The molecule has 2 atom stereocenters. The summed E-state index contributed by atoms with van der Waals surface area (Å²) in [5, 5.41) is 7.82. The molecule has 10 heteroatoms. The van der Waals surface area contributed by atoms with Crippen molar-refractivity contribution in [2.75, 3.05) is 5.32 Å². The van der Waals surface area contributed by atoms with Crippen LogP contribution in [0.4, 0.5) is 19.0 Å². The number of thiophene rings is 1. The lowest BCUT2D eigenvalue weighted by Crippen LogP contribution is -2.38. The van der Waals surface area contributed by atoms with Crippen molar-refractivity contribution in [3.63, 3.8) is 0 Å². The Morgan fingerprint density at radius 2 is 1.67 bits per heavy atom. The van der Waals surface area contributed by atoms with Gasteiger partial charge in [-0.1, -0.05) is 24.3 Å². The molecule has 2 N–H and O–H groups in total. The van der Waals surface area contributed by atoms with Crippen LogP contribution in [0, 0.1) is 0 Å². The molecule has 3 aromatic heterocycles. The van der Waals surface area contributed by atoms with Crippen LogP contribution in [0.3, 0.4) is 0 Å². The van der Waals surface area contributed by atoms with Crippen molar-refractivity contribution in [3.05, 3.63) is 71.6 Å². The van der Waals surface area contributed by atoms with E-state index in [0.29, 0.717) is 22.1 Å². The van der Waals surface area contributed by atoms with Crippen molar-refractivity contribution in [1.29, 1.82) is 0 Å². The average Bonchev–Trinajstić information content (AvgIpc) is 3.26. The van der Waals surface area contributed by atoms with E-state index in [1.807, 2.05) is 12.1 Å². The fourth-order valence-corrected chi connectivity index (χ4v) is 5.65. The number of nitrogens with one attached hydrogen (secondary N) is 2. The van der Waals surface area contributed by atoms with E-state index in [0.717, 1.165) is 49.1 Å². The molecule has 1 saturated carbocycles. The predicted octanol–water partition coefficient (Wildman–Crippen LogP) is 6.79. The summed E-state index contributed by atoms with van der Waals surface area (Å²) < 4.78 is 38.5. The Kier molecular flexibility index (Phi) is 8.43. The van der Waals surface area contributed by atoms with Crippen molar-refractivity contribution in [1.82, 2.24) is 20.3 Å². The lowest BCUT2D eigenvalue weighted by molar-refractivity contribution is -0.126. The van der Waals surface area contributed by atoms with Crippen LogP contribution in [0.2, 0.25) is 0 Å². The second-order valence-corrected chi connectivity index (χ2v) is 10.1. The lowest BCUT2D eigenvalue weighted by atomic mass is 9.90. The van der Waals surface area contributed by atoms with Crippen molar-refractivity contribution < 1.29 is 13.2 Å². The summed E-state index contributed by atoms with van der Waals surface area (Å²) in [6, 6.07) is 14.7. The zero-order chi connectivity index (χ0) is 24.3. The topological polar surface area (TPSA) is 62.7 Å². The number of benzene rings is 1. The number of aromatic nitrogens is 3. The number of alkyl halides is 3. The van der Waals surface area contributed by atoms with E-state index in [4.69, 9.17) is 0 Å². The third-order valence-corrected chi connectivity index (χ3v) is 7.38. The van der Waals surface area contributed by atoms with Gasteiger partial charge in [0.1, 0.15) is 17.0 Å². The zero-order valence-corrected chi connectivity index (χ0v) is 21.1. The van der Waals surface area contributed by atoms with Gasteiger partial charge in [-0.3, -0.25) is 4.98 Å². The van der Waals surface area contributed by atoms with Gasteiger partial charge in [0.2, 0.25) is 0 Å². The maximum absolute atomic E-state index is 12.8.